The maximum atomic E-state index is 2.45. The molecule has 0 aliphatic rings. The Morgan fingerprint density at radius 3 is 2.33 bits per heavy atom. The van der Waals surface area contributed by atoms with Crippen LogP contribution in [0.5, 0.6) is 0 Å². The highest BCUT2D eigenvalue weighted by molar-refractivity contribution is 14.1. The third kappa shape index (κ3) is 2.70. The normalized spacial score (nSPS) is 12.6. The van der Waals surface area contributed by atoms with E-state index in [1.165, 1.54) is 9.73 Å². The molecule has 1 atom stereocenters. The first kappa shape index (κ1) is 10.5. The van der Waals surface area contributed by atoms with Crippen LogP contribution in [0.4, 0.5) is 0 Å². The Kier molecular flexibility index (Phi) is 3.98. The molecule has 0 spiro atoms. The van der Waals surface area contributed by atoms with Crippen LogP contribution in [0.15, 0.2) is 30.3 Å². The van der Waals surface area contributed by atoms with E-state index >= 15 is 0 Å². The van der Waals surface area contributed by atoms with Crippen molar-refractivity contribution in [2.24, 2.45) is 0 Å². The summed E-state index contributed by atoms with van der Waals surface area (Å²) in [7, 11) is 1.01. The summed E-state index contributed by atoms with van der Waals surface area (Å²) in [6, 6.07) is 10.8. The van der Waals surface area contributed by atoms with E-state index in [1.54, 1.807) is 0 Å². The molecule has 12 heavy (non-hydrogen) atoms. The fourth-order valence-corrected chi connectivity index (χ4v) is 4.69. The van der Waals surface area contributed by atoms with Gasteiger partial charge < -0.3 is 0 Å². The molecule has 0 saturated heterocycles. The van der Waals surface area contributed by atoms with Crippen molar-refractivity contribution in [1.82, 2.24) is 0 Å². The lowest BCUT2D eigenvalue weighted by molar-refractivity contribution is 0.775. The van der Waals surface area contributed by atoms with Gasteiger partial charge in [0, 0.05) is 9.32 Å². The molecule has 1 unspecified atom stereocenters. The predicted octanol–water partition coefficient (Wildman–Crippen LogP) is 3.99. The van der Waals surface area contributed by atoms with Gasteiger partial charge in [-0.25, -0.2) is 0 Å². The van der Waals surface area contributed by atoms with E-state index in [9.17, 15) is 0 Å². The molecule has 0 heterocycles. The van der Waals surface area contributed by atoms with Crippen molar-refractivity contribution < 1.29 is 0 Å². The lowest BCUT2D eigenvalue weighted by atomic mass is 10.0. The Hall–Kier alpha value is 0.380. The fourth-order valence-electron chi connectivity index (χ4n) is 1.12. The van der Waals surface area contributed by atoms with Crippen molar-refractivity contribution in [3.63, 3.8) is 0 Å². The summed E-state index contributed by atoms with van der Waals surface area (Å²) in [5.74, 6) is 0. The van der Waals surface area contributed by atoms with E-state index in [1.807, 2.05) is 0 Å². The summed E-state index contributed by atoms with van der Waals surface area (Å²) in [6.07, 6.45) is 0. The van der Waals surface area contributed by atoms with Crippen LogP contribution in [0.2, 0.25) is 0 Å². The second kappa shape index (κ2) is 4.57. The van der Waals surface area contributed by atoms with Crippen molar-refractivity contribution in [3.05, 3.63) is 35.9 Å². The van der Waals surface area contributed by atoms with Crippen LogP contribution in [-0.4, -0.2) is 4.17 Å². The van der Waals surface area contributed by atoms with Crippen molar-refractivity contribution in [2.45, 2.75) is 19.0 Å². The van der Waals surface area contributed by atoms with Crippen LogP contribution >= 0.6 is 31.2 Å². The number of hydrogen-bond donors (Lipinski definition) is 0. The van der Waals surface area contributed by atoms with E-state index < -0.39 is 0 Å². The minimum absolute atomic E-state index is 0.364. The van der Waals surface area contributed by atoms with Crippen molar-refractivity contribution in [1.29, 1.82) is 0 Å². The highest BCUT2D eigenvalue weighted by Gasteiger charge is 2.18. The molecule has 0 aliphatic heterocycles. The molecular weight excluding hydrogens is 278 g/mol. The predicted molar refractivity (Wildman–Crippen MR) is 66.7 cm³/mol. The average Bonchev–Trinajstić information content (AvgIpc) is 2.06. The summed E-state index contributed by atoms with van der Waals surface area (Å²) >= 11 is 2.45. The van der Waals surface area contributed by atoms with E-state index in [2.05, 4.69) is 66.8 Å². The zero-order chi connectivity index (χ0) is 9.03. The molecule has 1 rings (SSSR count). The molecule has 2 heteroatoms. The molecule has 0 nitrogen and oxygen atoms in total. The highest BCUT2D eigenvalue weighted by atomic mass is 127. The Balaban J connectivity index is 2.82. The largest absolute Gasteiger partial charge is 0.101 e. The first-order valence-electron chi connectivity index (χ1n) is 4.03. The van der Waals surface area contributed by atoms with Gasteiger partial charge in [-0.1, -0.05) is 66.8 Å². The molecule has 0 aromatic heterocycles. The van der Waals surface area contributed by atoms with Crippen LogP contribution in [-0.2, 0) is 5.16 Å². The lowest BCUT2D eigenvalue weighted by Crippen LogP contribution is -2.09. The number of rotatable bonds is 3. The zero-order valence-electron chi connectivity index (χ0n) is 7.47. The van der Waals surface area contributed by atoms with E-state index in [-0.39, 0.29) is 0 Å². The Morgan fingerprint density at radius 2 is 1.83 bits per heavy atom. The Labute approximate surface area is 90.1 Å². The topological polar surface area (TPSA) is 0 Å². The molecule has 0 saturated carbocycles. The minimum Gasteiger partial charge on any atom is -0.101 e. The number of halogens is 1. The second-order valence-corrected chi connectivity index (χ2v) is 7.46. The van der Waals surface area contributed by atoms with Crippen molar-refractivity contribution in [2.75, 3.05) is 4.17 Å². The average molecular weight is 292 g/mol. The van der Waals surface area contributed by atoms with Crippen LogP contribution in [0, 0.1) is 0 Å². The van der Waals surface area contributed by atoms with Gasteiger partial charge in [0.2, 0.25) is 0 Å². The maximum absolute atomic E-state index is 2.45. The molecule has 1 aromatic carbocycles. The van der Waals surface area contributed by atoms with Gasteiger partial charge in [-0.15, -0.1) is 8.58 Å². The summed E-state index contributed by atoms with van der Waals surface area (Å²) in [6.45, 7) is 4.64. The Bertz CT molecular complexity index is 231. The first-order chi connectivity index (χ1) is 5.67. The lowest BCUT2D eigenvalue weighted by Gasteiger charge is -2.24. The van der Waals surface area contributed by atoms with Crippen LogP contribution in [0.3, 0.4) is 0 Å². The van der Waals surface area contributed by atoms with Gasteiger partial charge >= 0.3 is 0 Å². The van der Waals surface area contributed by atoms with E-state index in [0.717, 1.165) is 8.58 Å². The summed E-state index contributed by atoms with van der Waals surface area (Å²) in [4.78, 5) is 0. The maximum Gasteiger partial charge on any atom is 0.0178 e. The van der Waals surface area contributed by atoms with E-state index in [4.69, 9.17) is 0 Å². The molecule has 0 radical (unpaired) electrons. The zero-order valence-corrected chi connectivity index (χ0v) is 10.6. The van der Waals surface area contributed by atoms with Crippen LogP contribution in [0.25, 0.3) is 0 Å². The van der Waals surface area contributed by atoms with Gasteiger partial charge in [0.05, 0.1) is 0 Å². The minimum atomic E-state index is 0.364. The third-order valence-electron chi connectivity index (χ3n) is 2.00. The monoisotopic (exact) mass is 292 g/mol. The summed E-state index contributed by atoms with van der Waals surface area (Å²) in [5.41, 5.74) is 1.46. The summed E-state index contributed by atoms with van der Waals surface area (Å²) in [5, 5.41) is 0.364. The second-order valence-electron chi connectivity index (χ2n) is 3.30. The molecule has 0 amide bonds. The van der Waals surface area contributed by atoms with Gasteiger partial charge in [-0.3, -0.25) is 0 Å². The molecule has 0 N–H and O–H groups in total. The molecule has 0 bridgehead atoms. The smallest absolute Gasteiger partial charge is 0.0178 e. The third-order valence-corrected chi connectivity index (χ3v) is 4.45. The molecule has 1 aromatic rings. The molecular formula is C10H14IP. The van der Waals surface area contributed by atoms with Gasteiger partial charge in [-0.05, 0) is 5.56 Å². The van der Waals surface area contributed by atoms with Crippen molar-refractivity contribution in [3.8, 4) is 0 Å². The Morgan fingerprint density at radius 1 is 1.25 bits per heavy atom. The SMILES string of the molecule is CC(C)(PCI)c1ccccc1. The number of hydrogen-bond acceptors (Lipinski definition) is 0. The van der Waals surface area contributed by atoms with Crippen LogP contribution in [0.1, 0.15) is 19.4 Å². The van der Waals surface area contributed by atoms with Gasteiger partial charge in [0.15, 0.2) is 0 Å². The first-order valence-corrected chi connectivity index (χ1v) is 6.76. The molecule has 0 aliphatic carbocycles. The van der Waals surface area contributed by atoms with E-state index in [0.29, 0.717) is 5.16 Å². The van der Waals surface area contributed by atoms with Gasteiger partial charge in [0.25, 0.3) is 0 Å². The molecule has 0 fully saturated rings. The number of benzene rings is 1. The van der Waals surface area contributed by atoms with Gasteiger partial charge in [0.1, 0.15) is 0 Å². The standard InChI is InChI=1S/C10H14IP/c1-10(2,12-8-11)9-6-4-3-5-7-9/h3-7,12H,8H2,1-2H3. The van der Waals surface area contributed by atoms with Crippen LogP contribution < -0.4 is 0 Å². The quantitative estimate of drug-likeness (QED) is 0.449. The van der Waals surface area contributed by atoms with Gasteiger partial charge in [-0.2, -0.15) is 0 Å². The number of alkyl halides is 1. The summed E-state index contributed by atoms with van der Waals surface area (Å²) < 4.78 is 1.25. The molecule has 66 valence electrons. The highest BCUT2D eigenvalue weighted by Crippen LogP contribution is 2.41. The fraction of sp³-hybridized carbons (Fsp3) is 0.400. The van der Waals surface area contributed by atoms with Crippen molar-refractivity contribution >= 4 is 31.2 Å².